The van der Waals surface area contributed by atoms with Crippen LogP contribution < -0.4 is 10.2 Å². The van der Waals surface area contributed by atoms with Crippen LogP contribution in [-0.2, 0) is 0 Å². The molecule has 0 saturated carbocycles. The number of hydrogen-bond donors (Lipinski definition) is 1. The van der Waals surface area contributed by atoms with Gasteiger partial charge in [0, 0.05) is 50.6 Å². The first-order valence-corrected chi connectivity index (χ1v) is 9.87. The fourth-order valence-electron chi connectivity index (χ4n) is 3.26. The third kappa shape index (κ3) is 4.69. The number of anilines is 3. The van der Waals surface area contributed by atoms with Crippen LogP contribution in [-0.4, -0.2) is 56.9 Å². The van der Waals surface area contributed by atoms with Crippen LogP contribution in [0.25, 0.3) is 0 Å². The number of nitro groups is 1. The standard InChI is InChI=1S/C20H18ClN7O3/c21-16-11-14(28(30)31)4-5-15(16)20(29)27-9-7-26(8-10-27)19-12-18(23-13-24-19)25-17-3-1-2-6-22-17/h1-6,11-13H,7-10H2,(H,22,23,24,25). The first-order chi connectivity index (χ1) is 15.0. The van der Waals surface area contributed by atoms with Crippen molar-refractivity contribution in [1.82, 2.24) is 19.9 Å². The lowest BCUT2D eigenvalue weighted by molar-refractivity contribution is -0.384. The maximum atomic E-state index is 12.8. The number of halogens is 1. The number of nitrogens with zero attached hydrogens (tertiary/aromatic N) is 6. The van der Waals surface area contributed by atoms with Gasteiger partial charge in [0.2, 0.25) is 0 Å². The highest BCUT2D eigenvalue weighted by Crippen LogP contribution is 2.25. The monoisotopic (exact) mass is 439 g/mol. The molecule has 1 fully saturated rings. The Hall–Kier alpha value is -3.79. The van der Waals surface area contributed by atoms with Gasteiger partial charge in [-0.05, 0) is 18.2 Å². The number of pyridine rings is 1. The zero-order chi connectivity index (χ0) is 21.8. The Morgan fingerprint density at radius 1 is 1.03 bits per heavy atom. The van der Waals surface area contributed by atoms with Crippen LogP contribution in [0.3, 0.4) is 0 Å². The van der Waals surface area contributed by atoms with Crippen molar-refractivity contribution in [1.29, 1.82) is 0 Å². The van der Waals surface area contributed by atoms with Crippen LogP contribution in [0.15, 0.2) is 55.0 Å². The second kappa shape index (κ2) is 8.92. The van der Waals surface area contributed by atoms with E-state index in [1.165, 1.54) is 24.5 Å². The van der Waals surface area contributed by atoms with Gasteiger partial charge in [-0.15, -0.1) is 0 Å². The van der Waals surface area contributed by atoms with E-state index in [9.17, 15) is 14.9 Å². The highest BCUT2D eigenvalue weighted by molar-refractivity contribution is 6.34. The van der Waals surface area contributed by atoms with E-state index in [4.69, 9.17) is 11.6 Å². The third-order valence-electron chi connectivity index (χ3n) is 4.86. The van der Waals surface area contributed by atoms with Gasteiger partial charge in [-0.3, -0.25) is 14.9 Å². The predicted molar refractivity (Wildman–Crippen MR) is 116 cm³/mol. The molecular weight excluding hydrogens is 422 g/mol. The minimum Gasteiger partial charge on any atom is -0.353 e. The van der Waals surface area contributed by atoms with Crippen molar-refractivity contribution in [3.8, 4) is 0 Å². The molecule has 2 aromatic heterocycles. The summed E-state index contributed by atoms with van der Waals surface area (Å²) in [5, 5.41) is 14.1. The second-order valence-corrected chi connectivity index (χ2v) is 7.21. The van der Waals surface area contributed by atoms with E-state index in [0.29, 0.717) is 37.8 Å². The summed E-state index contributed by atoms with van der Waals surface area (Å²) in [6, 6.07) is 11.3. The average Bonchev–Trinajstić information content (AvgIpc) is 2.79. The smallest absolute Gasteiger partial charge is 0.270 e. The number of nitro benzene ring substituents is 1. The lowest BCUT2D eigenvalue weighted by Gasteiger charge is -2.35. The maximum Gasteiger partial charge on any atom is 0.270 e. The molecule has 1 aliphatic rings. The Bertz CT molecular complexity index is 1100. The Labute approximate surface area is 182 Å². The normalized spacial score (nSPS) is 13.7. The molecule has 0 spiro atoms. The minimum atomic E-state index is -0.544. The molecule has 3 heterocycles. The molecule has 1 N–H and O–H groups in total. The molecule has 0 unspecified atom stereocenters. The molecule has 31 heavy (non-hydrogen) atoms. The highest BCUT2D eigenvalue weighted by Gasteiger charge is 2.25. The van der Waals surface area contributed by atoms with Crippen LogP contribution in [0.1, 0.15) is 10.4 Å². The lowest BCUT2D eigenvalue weighted by atomic mass is 10.1. The number of benzene rings is 1. The van der Waals surface area contributed by atoms with Crippen molar-refractivity contribution < 1.29 is 9.72 Å². The molecule has 1 aromatic carbocycles. The predicted octanol–water partition coefficient (Wildman–Crippen LogP) is 3.14. The summed E-state index contributed by atoms with van der Waals surface area (Å²) in [7, 11) is 0. The Kier molecular flexibility index (Phi) is 5.89. The zero-order valence-corrected chi connectivity index (χ0v) is 17.1. The van der Waals surface area contributed by atoms with E-state index >= 15 is 0 Å². The van der Waals surface area contributed by atoms with E-state index in [1.807, 2.05) is 24.3 Å². The zero-order valence-electron chi connectivity index (χ0n) is 16.3. The van der Waals surface area contributed by atoms with E-state index in [1.54, 1.807) is 11.1 Å². The Balaban J connectivity index is 1.40. The van der Waals surface area contributed by atoms with E-state index < -0.39 is 4.92 Å². The van der Waals surface area contributed by atoms with E-state index in [-0.39, 0.29) is 22.2 Å². The van der Waals surface area contributed by atoms with Crippen molar-refractivity contribution in [2.75, 3.05) is 36.4 Å². The molecule has 158 valence electrons. The van der Waals surface area contributed by atoms with Crippen LogP contribution in [0.5, 0.6) is 0 Å². The summed E-state index contributed by atoms with van der Waals surface area (Å²) in [5.41, 5.74) is 0.106. The first-order valence-electron chi connectivity index (χ1n) is 9.49. The summed E-state index contributed by atoms with van der Waals surface area (Å²) >= 11 is 6.10. The fraction of sp³-hybridized carbons (Fsp3) is 0.200. The summed E-state index contributed by atoms with van der Waals surface area (Å²) in [5.74, 6) is 1.80. The van der Waals surface area contributed by atoms with Gasteiger partial charge in [0.05, 0.1) is 15.5 Å². The van der Waals surface area contributed by atoms with Crippen molar-refractivity contribution in [3.05, 3.63) is 75.7 Å². The van der Waals surface area contributed by atoms with Gasteiger partial charge in [-0.1, -0.05) is 17.7 Å². The molecule has 0 radical (unpaired) electrons. The van der Waals surface area contributed by atoms with E-state index in [0.717, 1.165) is 5.82 Å². The molecular formula is C20H18ClN7O3. The Morgan fingerprint density at radius 2 is 1.84 bits per heavy atom. The average molecular weight is 440 g/mol. The van der Waals surface area contributed by atoms with Crippen molar-refractivity contribution in [2.45, 2.75) is 0 Å². The van der Waals surface area contributed by atoms with Gasteiger partial charge in [-0.2, -0.15) is 0 Å². The van der Waals surface area contributed by atoms with Crippen LogP contribution in [0, 0.1) is 10.1 Å². The van der Waals surface area contributed by atoms with Gasteiger partial charge < -0.3 is 15.1 Å². The SMILES string of the molecule is O=C(c1ccc([N+](=O)[O-])cc1Cl)N1CCN(c2cc(Nc3ccccn3)ncn2)CC1. The number of aromatic nitrogens is 3. The van der Waals surface area contributed by atoms with Crippen molar-refractivity contribution >= 4 is 40.6 Å². The molecule has 10 nitrogen and oxygen atoms in total. The van der Waals surface area contributed by atoms with E-state index in [2.05, 4.69) is 25.2 Å². The molecule has 11 heteroatoms. The molecule has 0 bridgehead atoms. The number of rotatable bonds is 5. The number of nitrogens with one attached hydrogen (secondary N) is 1. The number of piperazine rings is 1. The number of hydrogen-bond acceptors (Lipinski definition) is 8. The molecule has 4 rings (SSSR count). The summed E-state index contributed by atoms with van der Waals surface area (Å²) in [4.78, 5) is 39.7. The first kappa shape index (κ1) is 20.5. The van der Waals surface area contributed by atoms with Crippen LogP contribution in [0.4, 0.5) is 23.1 Å². The number of carbonyl (C=O) groups excluding carboxylic acids is 1. The van der Waals surface area contributed by atoms with Crippen LogP contribution in [0.2, 0.25) is 5.02 Å². The molecule has 1 amide bonds. The maximum absolute atomic E-state index is 12.8. The third-order valence-corrected chi connectivity index (χ3v) is 5.17. The quantitative estimate of drug-likeness (QED) is 0.476. The highest BCUT2D eigenvalue weighted by atomic mass is 35.5. The van der Waals surface area contributed by atoms with Crippen molar-refractivity contribution in [2.24, 2.45) is 0 Å². The number of carbonyl (C=O) groups is 1. The number of non-ortho nitro benzene ring substituents is 1. The summed E-state index contributed by atoms with van der Waals surface area (Å²) in [6.07, 6.45) is 3.17. The molecule has 1 saturated heterocycles. The Morgan fingerprint density at radius 3 is 2.52 bits per heavy atom. The molecule has 1 aliphatic heterocycles. The second-order valence-electron chi connectivity index (χ2n) is 6.80. The fourth-order valence-corrected chi connectivity index (χ4v) is 3.51. The lowest BCUT2D eigenvalue weighted by Crippen LogP contribution is -2.49. The van der Waals surface area contributed by atoms with Gasteiger partial charge in [-0.25, -0.2) is 15.0 Å². The van der Waals surface area contributed by atoms with Gasteiger partial charge in [0.25, 0.3) is 11.6 Å². The molecule has 0 aliphatic carbocycles. The minimum absolute atomic E-state index is 0.0719. The van der Waals surface area contributed by atoms with Crippen molar-refractivity contribution in [3.63, 3.8) is 0 Å². The number of amides is 1. The van der Waals surface area contributed by atoms with Gasteiger partial charge >= 0.3 is 0 Å². The topological polar surface area (TPSA) is 117 Å². The summed E-state index contributed by atoms with van der Waals surface area (Å²) in [6.45, 7) is 2.10. The van der Waals surface area contributed by atoms with Gasteiger partial charge in [0.15, 0.2) is 0 Å². The molecule has 3 aromatic rings. The molecule has 0 atom stereocenters. The largest absolute Gasteiger partial charge is 0.353 e. The van der Waals surface area contributed by atoms with Crippen LogP contribution >= 0.6 is 11.6 Å². The summed E-state index contributed by atoms with van der Waals surface area (Å²) < 4.78 is 0. The van der Waals surface area contributed by atoms with Gasteiger partial charge in [0.1, 0.15) is 23.8 Å².